The molecule has 3 aromatic carbocycles. The Balaban J connectivity index is 0.977. The van der Waals surface area contributed by atoms with Crippen LogP contribution in [0.3, 0.4) is 0 Å². The van der Waals surface area contributed by atoms with Crippen LogP contribution < -0.4 is 20.0 Å². The highest BCUT2D eigenvalue weighted by Crippen LogP contribution is 2.38. The Labute approximate surface area is 309 Å². The minimum absolute atomic E-state index is 0.0127. The monoisotopic (exact) mass is 750 g/mol. The zero-order chi connectivity index (χ0) is 37.9. The quantitative estimate of drug-likeness (QED) is 0.217. The Morgan fingerprint density at radius 1 is 0.944 bits per heavy atom. The number of para-hydroxylation sites is 1. The number of sulfonamides is 1. The summed E-state index contributed by atoms with van der Waals surface area (Å²) in [5, 5.41) is 9.62. The number of carboxylic acids is 1. The lowest BCUT2D eigenvalue weighted by Crippen LogP contribution is -2.51. The van der Waals surface area contributed by atoms with Crippen molar-refractivity contribution in [3.63, 3.8) is 0 Å². The van der Waals surface area contributed by atoms with Crippen molar-refractivity contribution in [1.82, 2.24) is 19.4 Å². The molecule has 4 heterocycles. The molecule has 0 spiro atoms. The molecule has 276 valence electrons. The van der Waals surface area contributed by atoms with Gasteiger partial charge in [-0.1, -0.05) is 18.2 Å². The summed E-state index contributed by atoms with van der Waals surface area (Å²) < 4.78 is 45.8. The number of aliphatic imine (C=N–C) groups is 1. The minimum Gasteiger partial charge on any atom is -0.477 e. The lowest BCUT2D eigenvalue weighted by Gasteiger charge is -2.38. The first kappa shape index (κ1) is 35.1. The van der Waals surface area contributed by atoms with Crippen LogP contribution in [0.15, 0.2) is 87.6 Å². The van der Waals surface area contributed by atoms with Gasteiger partial charge in [-0.15, -0.1) is 0 Å². The number of rotatable bonds is 9. The molecule has 3 aliphatic rings. The van der Waals surface area contributed by atoms with E-state index in [2.05, 4.69) is 24.6 Å². The second kappa shape index (κ2) is 13.4. The number of benzene rings is 3. The first-order chi connectivity index (χ1) is 25.9. The average Bonchev–Trinajstić information content (AvgIpc) is 3.95. The van der Waals surface area contributed by atoms with Crippen LogP contribution in [0.2, 0.25) is 0 Å². The number of aryl methyl sites for hydroxylation is 2. The Bertz CT molecular complexity index is 2540. The van der Waals surface area contributed by atoms with Crippen LogP contribution in [0.1, 0.15) is 46.2 Å². The number of amides is 1. The van der Waals surface area contributed by atoms with E-state index < -0.39 is 27.2 Å². The highest BCUT2D eigenvalue weighted by molar-refractivity contribution is 7.92. The number of aromatic nitrogens is 3. The van der Waals surface area contributed by atoms with Crippen molar-refractivity contribution < 1.29 is 27.5 Å². The maximum atomic E-state index is 15.6. The van der Waals surface area contributed by atoms with Crippen LogP contribution in [0.4, 0.5) is 27.4 Å². The molecule has 2 aromatic heterocycles. The number of carbonyl (C=O) groups is 2. The molecule has 2 aliphatic heterocycles. The Morgan fingerprint density at radius 2 is 1.63 bits per heavy atom. The predicted molar refractivity (Wildman–Crippen MR) is 201 cm³/mol. The molecule has 0 radical (unpaired) electrons. The molecule has 1 saturated carbocycles. The van der Waals surface area contributed by atoms with Crippen molar-refractivity contribution in [3.8, 4) is 0 Å². The molecule has 8 rings (SSSR count). The fraction of sp³-hybridized carbons (Fsp3) is 0.263. The molecule has 0 bridgehead atoms. The molecular weight excluding hydrogens is 716 g/mol. The normalized spacial score (nSPS) is 17.0. The first-order valence-corrected chi connectivity index (χ1v) is 18.9. The number of carboxylic acid groups (broad SMARTS) is 1. The average molecular weight is 751 g/mol. The van der Waals surface area contributed by atoms with Crippen molar-refractivity contribution in [2.45, 2.75) is 37.6 Å². The number of piperazine rings is 1. The van der Waals surface area contributed by atoms with Gasteiger partial charge in [-0.2, -0.15) is 0 Å². The number of hydrogen-bond acceptors (Lipinski definition) is 10. The van der Waals surface area contributed by atoms with E-state index in [1.54, 1.807) is 35.4 Å². The number of aromatic carboxylic acids is 1. The lowest BCUT2D eigenvalue weighted by molar-refractivity contribution is -0.112. The highest BCUT2D eigenvalue weighted by atomic mass is 32.2. The first-order valence-electron chi connectivity index (χ1n) is 17.4. The number of nitrogens with one attached hydrogen (secondary N) is 1. The SMILES string of the molecule is Cc1cc(C)nc(NS(=O)(=O)c2ccc(N=C3C(=O)N(CN4CCN(c5cc6c(cc5F)c(=O)c(C(=O)O)cn6C5CC5)CC4)c4ccccc43)cc2)n1. The van der Waals surface area contributed by atoms with Gasteiger partial charge in [0.05, 0.1) is 34.1 Å². The van der Waals surface area contributed by atoms with Crippen LogP contribution in [0.5, 0.6) is 0 Å². The van der Waals surface area contributed by atoms with Crippen molar-refractivity contribution >= 4 is 61.5 Å². The third-order valence-corrected chi connectivity index (χ3v) is 11.2. The third-order valence-electron chi connectivity index (χ3n) is 9.82. The molecule has 2 N–H and O–H groups in total. The molecule has 2 fully saturated rings. The van der Waals surface area contributed by atoms with Crippen LogP contribution in [0, 0.1) is 19.7 Å². The maximum absolute atomic E-state index is 15.6. The summed E-state index contributed by atoms with van der Waals surface area (Å²) in [5.41, 5.74) is 3.00. The number of halogens is 1. The van der Waals surface area contributed by atoms with Gasteiger partial charge in [-0.3, -0.25) is 19.4 Å². The molecule has 1 saturated heterocycles. The fourth-order valence-corrected chi connectivity index (χ4v) is 7.97. The Morgan fingerprint density at radius 3 is 2.30 bits per heavy atom. The molecular formula is C38H35FN8O6S. The summed E-state index contributed by atoms with van der Waals surface area (Å²) in [7, 11) is -3.98. The number of hydrogen-bond donors (Lipinski definition) is 2. The van der Waals surface area contributed by atoms with E-state index >= 15 is 4.39 Å². The van der Waals surface area contributed by atoms with Gasteiger partial charge in [0.2, 0.25) is 11.4 Å². The van der Waals surface area contributed by atoms with Crippen LogP contribution >= 0.6 is 0 Å². The van der Waals surface area contributed by atoms with E-state index in [1.807, 2.05) is 29.2 Å². The summed E-state index contributed by atoms with van der Waals surface area (Å²) >= 11 is 0. The molecule has 14 nitrogen and oxygen atoms in total. The minimum atomic E-state index is -3.98. The second-order valence-electron chi connectivity index (χ2n) is 13.7. The van der Waals surface area contributed by atoms with Gasteiger partial charge >= 0.3 is 5.97 Å². The van der Waals surface area contributed by atoms with Crippen LogP contribution in [-0.4, -0.2) is 83.4 Å². The van der Waals surface area contributed by atoms with Gasteiger partial charge in [-0.05, 0) is 75.2 Å². The van der Waals surface area contributed by atoms with E-state index in [0.29, 0.717) is 65.7 Å². The Kier molecular flexibility index (Phi) is 8.73. The number of anilines is 3. The molecule has 54 heavy (non-hydrogen) atoms. The summed E-state index contributed by atoms with van der Waals surface area (Å²) in [6.45, 7) is 5.70. The molecule has 1 amide bonds. The number of nitrogens with zero attached hydrogens (tertiary/aromatic N) is 7. The van der Waals surface area contributed by atoms with Crippen LogP contribution in [0.25, 0.3) is 10.9 Å². The van der Waals surface area contributed by atoms with Crippen LogP contribution in [-0.2, 0) is 14.8 Å². The molecule has 16 heteroatoms. The zero-order valence-electron chi connectivity index (χ0n) is 29.4. The predicted octanol–water partition coefficient (Wildman–Crippen LogP) is 4.63. The second-order valence-corrected chi connectivity index (χ2v) is 15.3. The van der Waals surface area contributed by atoms with Gasteiger partial charge in [0, 0.05) is 60.8 Å². The zero-order valence-corrected chi connectivity index (χ0v) is 30.2. The van der Waals surface area contributed by atoms with Crippen molar-refractivity contribution in [1.29, 1.82) is 0 Å². The van der Waals surface area contributed by atoms with Crippen molar-refractivity contribution in [2.24, 2.45) is 4.99 Å². The molecule has 1 aliphatic carbocycles. The van der Waals surface area contributed by atoms with Crippen molar-refractivity contribution in [2.75, 3.05) is 47.4 Å². The van der Waals surface area contributed by atoms with Gasteiger partial charge in [0.15, 0.2) is 0 Å². The van der Waals surface area contributed by atoms with Gasteiger partial charge in [0.25, 0.3) is 15.9 Å². The summed E-state index contributed by atoms with van der Waals surface area (Å²) in [4.78, 5) is 57.1. The lowest BCUT2D eigenvalue weighted by atomic mass is 10.1. The molecule has 0 unspecified atom stereocenters. The van der Waals surface area contributed by atoms with Gasteiger partial charge in [-0.25, -0.2) is 37.3 Å². The standard InChI is InChI=1S/C38H35FN8O6S/c1-22-17-23(2)41-38(40-22)43-54(52,53)26-11-7-24(8-12-26)42-34-27-5-3-4-6-31(27)47(36(34)49)21-44-13-15-45(16-14-44)33-19-32-28(18-30(33)39)35(48)29(37(50)51)20-46(32)25-9-10-25/h3-8,11-12,17-20,25H,9-10,13-16,21H2,1-2H3,(H,50,51)(H,40,41,43). The molecule has 5 aromatic rings. The highest BCUT2D eigenvalue weighted by Gasteiger charge is 2.36. The number of pyridine rings is 1. The largest absolute Gasteiger partial charge is 0.477 e. The summed E-state index contributed by atoms with van der Waals surface area (Å²) in [6, 6.07) is 17.8. The smallest absolute Gasteiger partial charge is 0.341 e. The number of carbonyl (C=O) groups excluding carboxylic acids is 1. The van der Waals surface area contributed by atoms with Crippen molar-refractivity contribution in [3.05, 3.63) is 111 Å². The van der Waals surface area contributed by atoms with E-state index in [-0.39, 0.29) is 46.1 Å². The summed E-state index contributed by atoms with van der Waals surface area (Å²) in [6.07, 6.45) is 3.08. The Hall–Kier alpha value is -6.00. The third kappa shape index (κ3) is 6.58. The topological polar surface area (TPSA) is 170 Å². The van der Waals surface area contributed by atoms with E-state index in [0.717, 1.165) is 18.9 Å². The van der Waals surface area contributed by atoms with Gasteiger partial charge in [0.1, 0.15) is 17.1 Å². The van der Waals surface area contributed by atoms with E-state index in [1.165, 1.54) is 30.5 Å². The van der Waals surface area contributed by atoms with E-state index in [4.69, 9.17) is 0 Å². The number of fused-ring (bicyclic) bond motifs is 2. The molecule has 0 atom stereocenters. The summed E-state index contributed by atoms with van der Waals surface area (Å²) in [5.74, 6) is -2.26. The van der Waals surface area contributed by atoms with Gasteiger partial charge < -0.3 is 14.6 Å². The van der Waals surface area contributed by atoms with E-state index in [9.17, 15) is 27.9 Å². The maximum Gasteiger partial charge on any atom is 0.341 e. The fourth-order valence-electron chi connectivity index (χ4n) is 7.03.